The second kappa shape index (κ2) is 6.08. The number of carbonyl (C=O) groups excluding carboxylic acids is 1. The summed E-state index contributed by atoms with van der Waals surface area (Å²) in [5, 5.41) is 9.10. The summed E-state index contributed by atoms with van der Waals surface area (Å²) in [5.41, 5.74) is 5.50. The van der Waals surface area contributed by atoms with Crippen molar-refractivity contribution < 1.29 is 9.90 Å². The molecule has 3 N–H and O–H groups in total. The van der Waals surface area contributed by atoms with Crippen LogP contribution < -0.4 is 5.73 Å². The van der Waals surface area contributed by atoms with Crippen LogP contribution in [0, 0.1) is 5.92 Å². The van der Waals surface area contributed by atoms with E-state index in [0.29, 0.717) is 18.9 Å². The van der Waals surface area contributed by atoms with Gasteiger partial charge in [0.25, 0.3) is 0 Å². The van der Waals surface area contributed by atoms with Crippen molar-refractivity contribution in [2.24, 2.45) is 11.7 Å². The third-order valence-corrected chi connectivity index (χ3v) is 3.16. The third kappa shape index (κ3) is 3.47. The monoisotopic (exact) mass is 214 g/mol. The lowest BCUT2D eigenvalue weighted by Crippen LogP contribution is -2.37. The first-order chi connectivity index (χ1) is 7.19. The molecule has 0 aliphatic carbocycles. The Kier molecular flexibility index (Phi) is 5.05. The molecule has 4 nitrogen and oxygen atoms in total. The van der Waals surface area contributed by atoms with E-state index in [0.717, 1.165) is 25.8 Å². The molecule has 0 saturated carbocycles. The summed E-state index contributed by atoms with van der Waals surface area (Å²) in [6, 6.07) is 0.0608. The summed E-state index contributed by atoms with van der Waals surface area (Å²) in [4.78, 5) is 13.6. The lowest BCUT2D eigenvalue weighted by atomic mass is 10.1. The Hall–Kier alpha value is -0.610. The normalized spacial score (nSPS) is 23.1. The molecule has 0 radical (unpaired) electrons. The molecule has 1 heterocycles. The van der Waals surface area contributed by atoms with Crippen LogP contribution in [0.4, 0.5) is 0 Å². The van der Waals surface area contributed by atoms with Gasteiger partial charge in [0.05, 0.1) is 12.6 Å². The van der Waals surface area contributed by atoms with Gasteiger partial charge in [-0.05, 0) is 31.7 Å². The van der Waals surface area contributed by atoms with E-state index in [1.54, 1.807) is 0 Å². The van der Waals surface area contributed by atoms with Crippen molar-refractivity contribution in [3.63, 3.8) is 0 Å². The zero-order chi connectivity index (χ0) is 11.3. The van der Waals surface area contributed by atoms with Crippen LogP contribution in [0.1, 0.15) is 32.6 Å². The number of amides is 1. The second-order valence-electron chi connectivity index (χ2n) is 4.45. The van der Waals surface area contributed by atoms with Crippen molar-refractivity contribution in [1.82, 2.24) is 4.90 Å². The van der Waals surface area contributed by atoms with E-state index in [2.05, 4.69) is 6.92 Å². The summed E-state index contributed by atoms with van der Waals surface area (Å²) >= 11 is 0. The third-order valence-electron chi connectivity index (χ3n) is 3.16. The Bertz CT molecular complexity index is 209. The molecule has 2 atom stereocenters. The van der Waals surface area contributed by atoms with Gasteiger partial charge in [0.15, 0.2) is 0 Å². The molecule has 1 unspecified atom stereocenters. The highest BCUT2D eigenvalue weighted by Gasteiger charge is 2.27. The van der Waals surface area contributed by atoms with Crippen LogP contribution in [0.15, 0.2) is 0 Å². The van der Waals surface area contributed by atoms with Gasteiger partial charge in [-0.2, -0.15) is 0 Å². The number of hydrogen-bond donors (Lipinski definition) is 2. The quantitative estimate of drug-likeness (QED) is 0.693. The predicted octanol–water partition coefficient (Wildman–Crippen LogP) is 0.345. The minimum Gasteiger partial charge on any atom is -0.394 e. The molecule has 4 heteroatoms. The fourth-order valence-corrected chi connectivity index (χ4v) is 1.99. The van der Waals surface area contributed by atoms with Crippen LogP contribution in [0.3, 0.4) is 0 Å². The molecule has 1 aliphatic rings. The lowest BCUT2D eigenvalue weighted by molar-refractivity contribution is -0.133. The van der Waals surface area contributed by atoms with E-state index in [-0.39, 0.29) is 18.6 Å². The molecule has 1 fully saturated rings. The topological polar surface area (TPSA) is 66.6 Å². The SMILES string of the molecule is CC(CN)CCC(=O)N1CCC[C@@H]1CO. The Morgan fingerprint density at radius 2 is 2.40 bits per heavy atom. The number of nitrogens with two attached hydrogens (primary N) is 1. The van der Waals surface area contributed by atoms with Gasteiger partial charge in [-0.25, -0.2) is 0 Å². The molecule has 1 aliphatic heterocycles. The molecular weight excluding hydrogens is 192 g/mol. The molecule has 1 amide bonds. The zero-order valence-corrected chi connectivity index (χ0v) is 9.48. The van der Waals surface area contributed by atoms with Gasteiger partial charge in [-0.3, -0.25) is 4.79 Å². The molecule has 1 saturated heterocycles. The average molecular weight is 214 g/mol. The fourth-order valence-electron chi connectivity index (χ4n) is 1.99. The van der Waals surface area contributed by atoms with Crippen molar-refractivity contribution in [2.75, 3.05) is 19.7 Å². The highest BCUT2D eigenvalue weighted by atomic mass is 16.3. The fraction of sp³-hybridized carbons (Fsp3) is 0.909. The maximum atomic E-state index is 11.8. The average Bonchev–Trinajstić information content (AvgIpc) is 2.73. The molecule has 0 aromatic rings. The molecular formula is C11H22N2O2. The largest absolute Gasteiger partial charge is 0.394 e. The second-order valence-corrected chi connectivity index (χ2v) is 4.45. The van der Waals surface area contributed by atoms with Crippen LogP contribution >= 0.6 is 0 Å². The van der Waals surface area contributed by atoms with Crippen LogP contribution in [0.25, 0.3) is 0 Å². The highest BCUT2D eigenvalue weighted by molar-refractivity contribution is 5.76. The van der Waals surface area contributed by atoms with Gasteiger partial charge in [0, 0.05) is 13.0 Å². The van der Waals surface area contributed by atoms with Gasteiger partial charge in [0.1, 0.15) is 0 Å². The van der Waals surface area contributed by atoms with Gasteiger partial charge >= 0.3 is 0 Å². The molecule has 0 aromatic carbocycles. The zero-order valence-electron chi connectivity index (χ0n) is 9.48. The predicted molar refractivity (Wildman–Crippen MR) is 59.3 cm³/mol. The molecule has 1 rings (SSSR count). The minimum absolute atomic E-state index is 0.0608. The van der Waals surface area contributed by atoms with Gasteiger partial charge in [0.2, 0.25) is 5.91 Å². The first kappa shape index (κ1) is 12.5. The standard InChI is InChI=1S/C11H22N2O2/c1-9(7-12)4-5-11(15)13-6-2-3-10(13)8-14/h9-10,14H,2-8,12H2,1H3/t9?,10-/m1/s1. The van der Waals surface area contributed by atoms with Crippen LogP contribution in [-0.2, 0) is 4.79 Å². The Morgan fingerprint density at radius 3 is 3.00 bits per heavy atom. The summed E-state index contributed by atoms with van der Waals surface area (Å²) in [6.07, 6.45) is 3.37. The van der Waals surface area contributed by atoms with E-state index in [1.165, 1.54) is 0 Å². The molecule has 15 heavy (non-hydrogen) atoms. The van der Waals surface area contributed by atoms with Crippen molar-refractivity contribution in [2.45, 2.75) is 38.6 Å². The number of hydrogen-bond acceptors (Lipinski definition) is 3. The van der Waals surface area contributed by atoms with Crippen LogP contribution in [0.5, 0.6) is 0 Å². The van der Waals surface area contributed by atoms with Gasteiger partial charge in [-0.1, -0.05) is 6.92 Å². The highest BCUT2D eigenvalue weighted by Crippen LogP contribution is 2.18. The summed E-state index contributed by atoms with van der Waals surface area (Å²) in [5.74, 6) is 0.580. The molecule has 0 aromatic heterocycles. The van der Waals surface area contributed by atoms with Crippen LogP contribution in [-0.4, -0.2) is 41.7 Å². The van der Waals surface area contributed by atoms with Crippen molar-refractivity contribution in [3.05, 3.63) is 0 Å². The van der Waals surface area contributed by atoms with E-state index >= 15 is 0 Å². The molecule has 88 valence electrons. The first-order valence-electron chi connectivity index (χ1n) is 5.79. The first-order valence-corrected chi connectivity index (χ1v) is 5.79. The van der Waals surface area contributed by atoms with Crippen molar-refractivity contribution >= 4 is 5.91 Å². The number of carbonyl (C=O) groups is 1. The Balaban J connectivity index is 2.33. The summed E-state index contributed by atoms with van der Waals surface area (Å²) in [7, 11) is 0. The van der Waals surface area contributed by atoms with Crippen molar-refractivity contribution in [1.29, 1.82) is 0 Å². The van der Waals surface area contributed by atoms with E-state index in [9.17, 15) is 4.79 Å². The number of aliphatic hydroxyl groups is 1. The lowest BCUT2D eigenvalue weighted by Gasteiger charge is -2.23. The summed E-state index contributed by atoms with van der Waals surface area (Å²) in [6.45, 7) is 3.59. The van der Waals surface area contributed by atoms with E-state index in [1.807, 2.05) is 4.90 Å². The Labute approximate surface area is 91.4 Å². The van der Waals surface area contributed by atoms with Crippen molar-refractivity contribution in [3.8, 4) is 0 Å². The maximum absolute atomic E-state index is 11.8. The van der Waals surface area contributed by atoms with Gasteiger partial charge in [-0.15, -0.1) is 0 Å². The van der Waals surface area contributed by atoms with E-state index in [4.69, 9.17) is 10.8 Å². The smallest absolute Gasteiger partial charge is 0.222 e. The summed E-state index contributed by atoms with van der Waals surface area (Å²) < 4.78 is 0. The van der Waals surface area contributed by atoms with Crippen LogP contribution in [0.2, 0.25) is 0 Å². The molecule has 0 spiro atoms. The van der Waals surface area contributed by atoms with Gasteiger partial charge < -0.3 is 15.7 Å². The number of rotatable bonds is 5. The molecule has 0 bridgehead atoms. The number of likely N-dealkylation sites (tertiary alicyclic amines) is 1. The van der Waals surface area contributed by atoms with E-state index < -0.39 is 0 Å². The maximum Gasteiger partial charge on any atom is 0.222 e. The number of nitrogens with zero attached hydrogens (tertiary/aromatic N) is 1. The minimum atomic E-state index is 0.0608. The number of aliphatic hydroxyl groups excluding tert-OH is 1. The Morgan fingerprint density at radius 1 is 1.67 bits per heavy atom.